The van der Waals surface area contributed by atoms with Crippen molar-refractivity contribution in [1.82, 2.24) is 5.32 Å². The van der Waals surface area contributed by atoms with Crippen LogP contribution in [0.25, 0.3) is 0 Å². The lowest BCUT2D eigenvalue weighted by Crippen LogP contribution is -2.21. The molecule has 0 aliphatic heterocycles. The van der Waals surface area contributed by atoms with Gasteiger partial charge in [0, 0.05) is 16.6 Å². The first kappa shape index (κ1) is 16.8. The molecule has 1 aliphatic rings. The third-order valence-corrected chi connectivity index (χ3v) is 4.59. The summed E-state index contributed by atoms with van der Waals surface area (Å²) < 4.78 is 6.90. The van der Waals surface area contributed by atoms with Crippen LogP contribution >= 0.6 is 15.9 Å². The average Bonchev–Trinajstić information content (AvgIpc) is 2.97. The minimum absolute atomic E-state index is 0.358. The quantitative estimate of drug-likeness (QED) is 0.743. The number of aliphatic hydroxyl groups is 1. The summed E-state index contributed by atoms with van der Waals surface area (Å²) in [6.45, 7) is 4.18. The molecule has 0 bridgehead atoms. The standard InChI is InChI=1S/C17H26BrNO2/c1-2-19-11-14-10-15(18)7-8-17(14)21-12-16(20)9-13-5-3-4-6-13/h7-8,10,13,16,19-20H,2-6,9,11-12H2,1H3. The van der Waals surface area contributed by atoms with E-state index in [1.807, 2.05) is 12.1 Å². The fourth-order valence-corrected chi connectivity index (χ4v) is 3.38. The van der Waals surface area contributed by atoms with Crippen molar-refractivity contribution < 1.29 is 9.84 Å². The van der Waals surface area contributed by atoms with E-state index in [9.17, 15) is 5.11 Å². The molecule has 21 heavy (non-hydrogen) atoms. The molecular weight excluding hydrogens is 330 g/mol. The van der Waals surface area contributed by atoms with E-state index >= 15 is 0 Å². The summed E-state index contributed by atoms with van der Waals surface area (Å²) >= 11 is 3.49. The van der Waals surface area contributed by atoms with Gasteiger partial charge in [0.15, 0.2) is 0 Å². The zero-order chi connectivity index (χ0) is 15.1. The molecular formula is C17H26BrNO2. The largest absolute Gasteiger partial charge is 0.491 e. The van der Waals surface area contributed by atoms with Crippen LogP contribution in [0.15, 0.2) is 22.7 Å². The number of hydrogen-bond donors (Lipinski definition) is 2. The van der Waals surface area contributed by atoms with E-state index < -0.39 is 0 Å². The molecule has 0 radical (unpaired) electrons. The molecule has 1 saturated carbocycles. The highest BCUT2D eigenvalue weighted by Gasteiger charge is 2.19. The summed E-state index contributed by atoms with van der Waals surface area (Å²) in [6.07, 6.45) is 5.68. The minimum atomic E-state index is -0.358. The summed E-state index contributed by atoms with van der Waals surface area (Å²) in [7, 11) is 0. The lowest BCUT2D eigenvalue weighted by molar-refractivity contribution is 0.0850. The Balaban J connectivity index is 1.86. The smallest absolute Gasteiger partial charge is 0.124 e. The minimum Gasteiger partial charge on any atom is -0.491 e. The van der Waals surface area contributed by atoms with Crippen molar-refractivity contribution in [2.75, 3.05) is 13.2 Å². The molecule has 1 fully saturated rings. The van der Waals surface area contributed by atoms with Gasteiger partial charge in [-0.05, 0) is 37.1 Å². The fraction of sp³-hybridized carbons (Fsp3) is 0.647. The molecule has 0 amide bonds. The van der Waals surface area contributed by atoms with Crippen LogP contribution in [0.2, 0.25) is 0 Å². The van der Waals surface area contributed by atoms with Crippen molar-refractivity contribution in [1.29, 1.82) is 0 Å². The van der Waals surface area contributed by atoms with Crippen molar-refractivity contribution >= 4 is 15.9 Å². The number of benzene rings is 1. The lowest BCUT2D eigenvalue weighted by atomic mass is 10.0. The summed E-state index contributed by atoms with van der Waals surface area (Å²) in [5.41, 5.74) is 1.12. The van der Waals surface area contributed by atoms with Crippen molar-refractivity contribution in [2.45, 2.75) is 51.7 Å². The van der Waals surface area contributed by atoms with Crippen LogP contribution in [0, 0.1) is 5.92 Å². The molecule has 4 heteroatoms. The van der Waals surface area contributed by atoms with E-state index in [1.54, 1.807) is 0 Å². The van der Waals surface area contributed by atoms with Gasteiger partial charge in [0.05, 0.1) is 6.10 Å². The number of hydrogen-bond acceptors (Lipinski definition) is 3. The van der Waals surface area contributed by atoms with Crippen molar-refractivity contribution in [3.63, 3.8) is 0 Å². The highest BCUT2D eigenvalue weighted by Crippen LogP contribution is 2.29. The monoisotopic (exact) mass is 355 g/mol. The van der Waals surface area contributed by atoms with Crippen LogP contribution in [0.3, 0.4) is 0 Å². The van der Waals surface area contributed by atoms with Crippen molar-refractivity contribution in [2.24, 2.45) is 5.92 Å². The summed E-state index contributed by atoms with van der Waals surface area (Å²) in [4.78, 5) is 0. The Bertz CT molecular complexity index is 433. The predicted molar refractivity (Wildman–Crippen MR) is 89.6 cm³/mol. The summed E-state index contributed by atoms with van der Waals surface area (Å²) in [6, 6.07) is 6.02. The highest BCUT2D eigenvalue weighted by molar-refractivity contribution is 9.10. The predicted octanol–water partition coefficient (Wildman–Crippen LogP) is 3.88. The van der Waals surface area contributed by atoms with E-state index in [2.05, 4.69) is 34.2 Å². The molecule has 1 unspecified atom stereocenters. The van der Waals surface area contributed by atoms with Gasteiger partial charge in [0.2, 0.25) is 0 Å². The molecule has 118 valence electrons. The maximum atomic E-state index is 10.1. The third-order valence-electron chi connectivity index (χ3n) is 4.10. The molecule has 1 aromatic rings. The second kappa shape index (κ2) is 8.76. The third kappa shape index (κ3) is 5.61. The SMILES string of the molecule is CCNCc1cc(Br)ccc1OCC(O)CC1CCCC1. The second-order valence-electron chi connectivity index (χ2n) is 5.88. The van der Waals surface area contributed by atoms with Gasteiger partial charge in [-0.2, -0.15) is 0 Å². The number of rotatable bonds is 8. The van der Waals surface area contributed by atoms with E-state index in [0.717, 1.165) is 35.3 Å². The Kier molecular flexibility index (Phi) is 7.00. The van der Waals surface area contributed by atoms with Gasteiger partial charge >= 0.3 is 0 Å². The normalized spacial score (nSPS) is 17.1. The van der Waals surface area contributed by atoms with Gasteiger partial charge in [-0.25, -0.2) is 0 Å². The summed E-state index contributed by atoms with van der Waals surface area (Å²) in [5, 5.41) is 13.5. The molecule has 2 N–H and O–H groups in total. The summed E-state index contributed by atoms with van der Waals surface area (Å²) in [5.74, 6) is 1.55. The van der Waals surface area contributed by atoms with Crippen LogP contribution in [-0.4, -0.2) is 24.4 Å². The molecule has 0 aromatic heterocycles. The first-order chi connectivity index (χ1) is 10.2. The van der Waals surface area contributed by atoms with Crippen LogP contribution in [-0.2, 0) is 6.54 Å². The highest BCUT2D eigenvalue weighted by atomic mass is 79.9. The fourth-order valence-electron chi connectivity index (χ4n) is 2.97. The van der Waals surface area contributed by atoms with Gasteiger partial charge in [0.1, 0.15) is 12.4 Å². The van der Waals surface area contributed by atoms with Crippen LogP contribution < -0.4 is 10.1 Å². The molecule has 1 aliphatic carbocycles. The number of nitrogens with one attached hydrogen (secondary N) is 1. The topological polar surface area (TPSA) is 41.5 Å². The van der Waals surface area contributed by atoms with Crippen molar-refractivity contribution in [3.8, 4) is 5.75 Å². The Labute approximate surface area is 136 Å². The maximum Gasteiger partial charge on any atom is 0.124 e. The second-order valence-corrected chi connectivity index (χ2v) is 6.80. The first-order valence-electron chi connectivity index (χ1n) is 7.99. The van der Waals surface area contributed by atoms with Gasteiger partial charge in [-0.15, -0.1) is 0 Å². The maximum absolute atomic E-state index is 10.1. The number of halogens is 1. The van der Waals surface area contributed by atoms with Crippen LogP contribution in [0.1, 0.15) is 44.6 Å². The zero-order valence-electron chi connectivity index (χ0n) is 12.8. The Hall–Kier alpha value is -0.580. The van der Waals surface area contributed by atoms with Gasteiger partial charge in [-0.3, -0.25) is 0 Å². The molecule has 0 heterocycles. The van der Waals surface area contributed by atoms with E-state index in [-0.39, 0.29) is 6.10 Å². The number of ether oxygens (including phenoxy) is 1. The Morgan fingerprint density at radius 2 is 2.14 bits per heavy atom. The molecule has 0 spiro atoms. The molecule has 3 nitrogen and oxygen atoms in total. The zero-order valence-corrected chi connectivity index (χ0v) is 14.4. The van der Waals surface area contributed by atoms with Crippen molar-refractivity contribution in [3.05, 3.63) is 28.2 Å². The van der Waals surface area contributed by atoms with Gasteiger partial charge in [0.25, 0.3) is 0 Å². The van der Waals surface area contributed by atoms with E-state index in [1.165, 1.54) is 25.7 Å². The molecule has 1 atom stereocenters. The Morgan fingerprint density at radius 3 is 2.86 bits per heavy atom. The molecule has 0 saturated heterocycles. The molecule has 1 aromatic carbocycles. The first-order valence-corrected chi connectivity index (χ1v) is 8.78. The molecule has 2 rings (SSSR count). The van der Waals surface area contributed by atoms with E-state index in [0.29, 0.717) is 12.5 Å². The van der Waals surface area contributed by atoms with Crippen LogP contribution in [0.5, 0.6) is 5.75 Å². The van der Waals surface area contributed by atoms with Crippen LogP contribution in [0.4, 0.5) is 0 Å². The average molecular weight is 356 g/mol. The van der Waals surface area contributed by atoms with E-state index in [4.69, 9.17) is 4.74 Å². The van der Waals surface area contributed by atoms with Gasteiger partial charge in [-0.1, -0.05) is 48.5 Å². The van der Waals surface area contributed by atoms with Gasteiger partial charge < -0.3 is 15.2 Å². The lowest BCUT2D eigenvalue weighted by Gasteiger charge is -2.18. The Morgan fingerprint density at radius 1 is 1.38 bits per heavy atom. The number of aliphatic hydroxyl groups excluding tert-OH is 1.